The minimum absolute atomic E-state index is 0.393. The molecule has 0 atom stereocenters. The van der Waals surface area contributed by atoms with Crippen molar-refractivity contribution in [2.24, 2.45) is 0 Å². The lowest BCUT2D eigenvalue weighted by Gasteiger charge is -2.12. The van der Waals surface area contributed by atoms with E-state index in [1.54, 1.807) is 7.11 Å². The SMILES string of the molecule is COc1cc(C)cc(C)c1NC(=O)S. The molecule has 1 N–H and O–H groups in total. The monoisotopic (exact) mass is 211 g/mol. The Morgan fingerprint density at radius 2 is 2.07 bits per heavy atom. The summed E-state index contributed by atoms with van der Waals surface area (Å²) in [7, 11) is 1.57. The van der Waals surface area contributed by atoms with Crippen molar-refractivity contribution in [1.82, 2.24) is 0 Å². The lowest BCUT2D eigenvalue weighted by atomic mass is 10.1. The van der Waals surface area contributed by atoms with E-state index in [4.69, 9.17) is 4.74 Å². The number of carbonyl (C=O) groups is 1. The van der Waals surface area contributed by atoms with Crippen LogP contribution in [0.15, 0.2) is 12.1 Å². The van der Waals surface area contributed by atoms with Crippen LogP contribution in [0.2, 0.25) is 0 Å². The first-order valence-corrected chi connectivity index (χ1v) is 4.64. The highest BCUT2D eigenvalue weighted by Gasteiger charge is 2.08. The summed E-state index contributed by atoms with van der Waals surface area (Å²) in [5.41, 5.74) is 2.74. The number of ether oxygens (including phenoxy) is 1. The maximum atomic E-state index is 10.8. The molecule has 0 fully saturated rings. The summed E-state index contributed by atoms with van der Waals surface area (Å²) in [6.45, 7) is 3.89. The molecule has 0 aliphatic heterocycles. The van der Waals surface area contributed by atoms with E-state index in [9.17, 15) is 4.79 Å². The third kappa shape index (κ3) is 2.42. The predicted molar refractivity (Wildman–Crippen MR) is 60.5 cm³/mol. The molecule has 4 heteroatoms. The second-order valence-electron chi connectivity index (χ2n) is 3.09. The van der Waals surface area contributed by atoms with Crippen molar-refractivity contribution in [3.63, 3.8) is 0 Å². The highest BCUT2D eigenvalue weighted by molar-refractivity contribution is 7.96. The highest BCUT2D eigenvalue weighted by Crippen LogP contribution is 2.29. The number of benzene rings is 1. The Hall–Kier alpha value is -1.16. The van der Waals surface area contributed by atoms with Gasteiger partial charge < -0.3 is 10.1 Å². The molecule has 0 aromatic heterocycles. The van der Waals surface area contributed by atoms with Crippen molar-refractivity contribution >= 4 is 23.6 Å². The first-order chi connectivity index (χ1) is 6.54. The molecule has 76 valence electrons. The topological polar surface area (TPSA) is 38.3 Å². The molecule has 1 amide bonds. The van der Waals surface area contributed by atoms with Gasteiger partial charge in [-0.1, -0.05) is 18.7 Å². The Kier molecular flexibility index (Phi) is 3.41. The second kappa shape index (κ2) is 4.37. The number of methoxy groups -OCH3 is 1. The van der Waals surface area contributed by atoms with Crippen LogP contribution in [0.1, 0.15) is 11.1 Å². The molecule has 1 aromatic rings. The van der Waals surface area contributed by atoms with E-state index in [1.165, 1.54) is 0 Å². The molecule has 3 nitrogen and oxygen atoms in total. The quantitative estimate of drug-likeness (QED) is 0.738. The number of nitrogens with one attached hydrogen (secondary N) is 1. The van der Waals surface area contributed by atoms with Gasteiger partial charge in [-0.25, -0.2) is 0 Å². The zero-order chi connectivity index (χ0) is 10.7. The molecule has 0 bridgehead atoms. The molecule has 0 heterocycles. The van der Waals surface area contributed by atoms with Crippen LogP contribution in [0.4, 0.5) is 10.5 Å². The summed E-state index contributed by atoms with van der Waals surface area (Å²) in [5, 5.41) is 2.23. The maximum Gasteiger partial charge on any atom is 0.280 e. The van der Waals surface area contributed by atoms with E-state index >= 15 is 0 Å². The maximum absolute atomic E-state index is 10.8. The van der Waals surface area contributed by atoms with Crippen LogP contribution in [0, 0.1) is 13.8 Å². The zero-order valence-corrected chi connectivity index (χ0v) is 9.31. The number of thiol groups is 1. The van der Waals surface area contributed by atoms with Crippen molar-refractivity contribution < 1.29 is 9.53 Å². The van der Waals surface area contributed by atoms with Gasteiger partial charge >= 0.3 is 0 Å². The van der Waals surface area contributed by atoms with Gasteiger partial charge in [-0.05, 0) is 31.0 Å². The number of carbonyl (C=O) groups excluding carboxylic acids is 1. The molecule has 14 heavy (non-hydrogen) atoms. The van der Waals surface area contributed by atoms with Crippen molar-refractivity contribution in [3.8, 4) is 5.75 Å². The number of amides is 1. The molecule has 1 aromatic carbocycles. The summed E-state index contributed by atoms with van der Waals surface area (Å²) in [6, 6.07) is 3.84. The fourth-order valence-electron chi connectivity index (χ4n) is 1.36. The van der Waals surface area contributed by atoms with Gasteiger partial charge in [-0.15, -0.1) is 0 Å². The molecule has 0 saturated heterocycles. The second-order valence-corrected chi connectivity index (χ2v) is 3.50. The summed E-state index contributed by atoms with van der Waals surface area (Å²) >= 11 is 3.66. The fraction of sp³-hybridized carbons (Fsp3) is 0.300. The number of anilines is 1. The van der Waals surface area contributed by atoms with Crippen LogP contribution in [-0.2, 0) is 0 Å². The largest absolute Gasteiger partial charge is 0.495 e. The Morgan fingerprint density at radius 3 is 2.57 bits per heavy atom. The molecular weight excluding hydrogens is 198 g/mol. The standard InChI is InChI=1S/C10H13NO2S/c1-6-4-7(2)9(11-10(12)14)8(5-6)13-3/h4-5H,1-3H3,(H2,11,12,14). The van der Waals surface area contributed by atoms with E-state index in [-0.39, 0.29) is 0 Å². The average Bonchev–Trinajstić information content (AvgIpc) is 2.08. The Labute approximate surface area is 88.9 Å². The highest BCUT2D eigenvalue weighted by atomic mass is 32.1. The van der Waals surface area contributed by atoms with Crippen molar-refractivity contribution in [2.75, 3.05) is 12.4 Å². The molecule has 1 rings (SSSR count). The van der Waals surface area contributed by atoms with Crippen molar-refractivity contribution in [2.45, 2.75) is 13.8 Å². The van der Waals surface area contributed by atoms with E-state index < -0.39 is 5.24 Å². The molecule has 0 aliphatic carbocycles. The molecule has 0 saturated carbocycles. The van der Waals surface area contributed by atoms with Crippen LogP contribution < -0.4 is 10.1 Å². The Morgan fingerprint density at radius 1 is 1.43 bits per heavy atom. The average molecular weight is 211 g/mol. The molecule has 0 radical (unpaired) electrons. The third-order valence-electron chi connectivity index (χ3n) is 1.90. The van der Waals surface area contributed by atoms with Gasteiger partial charge in [0.05, 0.1) is 12.8 Å². The van der Waals surface area contributed by atoms with Crippen LogP contribution >= 0.6 is 12.6 Å². The van der Waals surface area contributed by atoms with E-state index in [0.29, 0.717) is 11.4 Å². The normalized spacial score (nSPS) is 9.71. The fourth-order valence-corrected chi connectivity index (χ4v) is 1.47. The summed E-state index contributed by atoms with van der Waals surface area (Å²) in [5.74, 6) is 0.657. The third-order valence-corrected chi connectivity index (χ3v) is 2.01. The smallest absolute Gasteiger partial charge is 0.280 e. The zero-order valence-electron chi connectivity index (χ0n) is 8.42. The van der Waals surface area contributed by atoms with E-state index in [0.717, 1.165) is 11.1 Å². The first kappa shape index (κ1) is 10.9. The van der Waals surface area contributed by atoms with Gasteiger partial charge in [0.25, 0.3) is 5.24 Å². The summed E-state index contributed by atoms with van der Waals surface area (Å²) < 4.78 is 5.16. The minimum Gasteiger partial charge on any atom is -0.495 e. The lowest BCUT2D eigenvalue weighted by molar-refractivity contribution is 0.270. The molecule has 0 aliphatic rings. The number of rotatable bonds is 2. The van der Waals surface area contributed by atoms with Crippen LogP contribution in [0.3, 0.4) is 0 Å². The Bertz CT molecular complexity index is 363. The van der Waals surface area contributed by atoms with Gasteiger partial charge in [0, 0.05) is 0 Å². The van der Waals surface area contributed by atoms with Crippen LogP contribution in [0.25, 0.3) is 0 Å². The number of hydrogen-bond donors (Lipinski definition) is 2. The Balaban J connectivity index is 3.18. The predicted octanol–water partition coefficient (Wildman–Crippen LogP) is 2.77. The molecule has 0 spiro atoms. The molecule has 0 unspecified atom stereocenters. The van der Waals surface area contributed by atoms with Gasteiger partial charge in [-0.3, -0.25) is 4.79 Å². The minimum atomic E-state index is -0.393. The van der Waals surface area contributed by atoms with Gasteiger partial charge in [-0.2, -0.15) is 0 Å². The van der Waals surface area contributed by atoms with E-state index in [1.807, 2.05) is 26.0 Å². The van der Waals surface area contributed by atoms with Crippen molar-refractivity contribution in [1.29, 1.82) is 0 Å². The summed E-state index contributed by atoms with van der Waals surface area (Å²) in [6.07, 6.45) is 0. The first-order valence-electron chi connectivity index (χ1n) is 4.19. The van der Waals surface area contributed by atoms with Gasteiger partial charge in [0.1, 0.15) is 5.75 Å². The van der Waals surface area contributed by atoms with Gasteiger partial charge in [0.15, 0.2) is 0 Å². The lowest BCUT2D eigenvalue weighted by Crippen LogP contribution is -2.05. The van der Waals surface area contributed by atoms with Crippen molar-refractivity contribution in [3.05, 3.63) is 23.3 Å². The number of aryl methyl sites for hydroxylation is 2. The summed E-state index contributed by atoms with van der Waals surface area (Å²) in [4.78, 5) is 10.8. The van der Waals surface area contributed by atoms with Crippen LogP contribution in [0.5, 0.6) is 5.75 Å². The number of hydrogen-bond acceptors (Lipinski definition) is 2. The van der Waals surface area contributed by atoms with Gasteiger partial charge in [0.2, 0.25) is 0 Å². The van der Waals surface area contributed by atoms with Crippen LogP contribution in [-0.4, -0.2) is 12.3 Å². The molecular formula is C10H13NO2S. The van der Waals surface area contributed by atoms with E-state index in [2.05, 4.69) is 17.9 Å².